The van der Waals surface area contributed by atoms with Crippen LogP contribution >= 0.6 is 0 Å². The van der Waals surface area contributed by atoms with Crippen molar-refractivity contribution < 1.29 is 4.79 Å². The van der Waals surface area contributed by atoms with E-state index in [1.807, 2.05) is 48.5 Å². The van der Waals surface area contributed by atoms with Gasteiger partial charge in [0.15, 0.2) is 0 Å². The zero-order valence-corrected chi connectivity index (χ0v) is 17.7. The highest BCUT2D eigenvalue weighted by Crippen LogP contribution is 2.20. The average Bonchev–Trinajstić information content (AvgIpc) is 2.73. The number of anilines is 1. The summed E-state index contributed by atoms with van der Waals surface area (Å²) < 4.78 is 0. The van der Waals surface area contributed by atoms with Gasteiger partial charge in [0.05, 0.1) is 0 Å². The van der Waals surface area contributed by atoms with E-state index < -0.39 is 5.91 Å². The van der Waals surface area contributed by atoms with Crippen molar-refractivity contribution in [3.05, 3.63) is 106 Å². The summed E-state index contributed by atoms with van der Waals surface area (Å²) in [6.45, 7) is 6.26. The van der Waals surface area contributed by atoms with Gasteiger partial charge in [0.25, 0.3) is 5.91 Å². The van der Waals surface area contributed by atoms with Crippen LogP contribution in [0.1, 0.15) is 40.3 Å². The fourth-order valence-corrected chi connectivity index (χ4v) is 3.55. The molecule has 3 rings (SSSR count). The number of nitriles is 1. The van der Waals surface area contributed by atoms with Crippen LogP contribution in [0.5, 0.6) is 0 Å². The van der Waals surface area contributed by atoms with Crippen molar-refractivity contribution in [2.24, 2.45) is 0 Å². The second-order valence-electron chi connectivity index (χ2n) is 7.55. The van der Waals surface area contributed by atoms with Crippen LogP contribution in [0.15, 0.2) is 72.3 Å². The Labute approximate surface area is 178 Å². The minimum absolute atomic E-state index is 0.0856. The van der Waals surface area contributed by atoms with Gasteiger partial charge in [0.2, 0.25) is 0 Å². The molecule has 1 N–H and O–H groups in total. The molecule has 0 radical (unpaired) electrons. The van der Waals surface area contributed by atoms with Gasteiger partial charge in [0.1, 0.15) is 11.6 Å². The van der Waals surface area contributed by atoms with Gasteiger partial charge in [-0.3, -0.25) is 4.79 Å². The van der Waals surface area contributed by atoms with Crippen LogP contribution in [0.4, 0.5) is 5.69 Å². The standard InChI is InChI=1S/C27H26N2O/c1-4-21-9-11-26(12-10-21)29-27(30)25(18-28)17-24-8-6-5-7-23(24)16-22-14-19(2)13-20(3)15-22/h5-15,17H,4,16H2,1-3H3,(H,29,30)/b25-17+. The first-order chi connectivity index (χ1) is 14.5. The number of amides is 1. The first kappa shape index (κ1) is 21.1. The molecule has 3 aromatic carbocycles. The van der Waals surface area contributed by atoms with E-state index in [1.54, 1.807) is 6.08 Å². The molecule has 1 amide bonds. The average molecular weight is 395 g/mol. The van der Waals surface area contributed by atoms with Crippen molar-refractivity contribution >= 4 is 17.7 Å². The van der Waals surface area contributed by atoms with Crippen molar-refractivity contribution in [1.82, 2.24) is 0 Å². The normalized spacial score (nSPS) is 11.1. The van der Waals surface area contributed by atoms with Crippen molar-refractivity contribution in [1.29, 1.82) is 5.26 Å². The quantitative estimate of drug-likeness (QED) is 0.412. The van der Waals surface area contributed by atoms with Crippen LogP contribution in [0.25, 0.3) is 6.08 Å². The third-order valence-electron chi connectivity index (χ3n) is 5.02. The van der Waals surface area contributed by atoms with Gasteiger partial charge in [0, 0.05) is 5.69 Å². The Kier molecular flexibility index (Phi) is 6.83. The second kappa shape index (κ2) is 9.71. The molecule has 0 aliphatic heterocycles. The summed E-state index contributed by atoms with van der Waals surface area (Å²) in [5, 5.41) is 12.4. The second-order valence-corrected chi connectivity index (χ2v) is 7.55. The molecular formula is C27H26N2O. The number of nitrogens with one attached hydrogen (secondary N) is 1. The van der Waals surface area contributed by atoms with E-state index in [4.69, 9.17) is 0 Å². The van der Waals surface area contributed by atoms with Crippen molar-refractivity contribution in [2.75, 3.05) is 5.32 Å². The first-order valence-corrected chi connectivity index (χ1v) is 10.2. The van der Waals surface area contributed by atoms with Gasteiger partial charge in [-0.25, -0.2) is 0 Å². The lowest BCUT2D eigenvalue weighted by Gasteiger charge is -2.10. The third kappa shape index (κ3) is 5.46. The Morgan fingerprint density at radius 2 is 1.63 bits per heavy atom. The largest absolute Gasteiger partial charge is 0.321 e. The van der Waals surface area contributed by atoms with Crippen LogP contribution in [0, 0.1) is 25.2 Å². The highest BCUT2D eigenvalue weighted by atomic mass is 16.1. The Hall–Kier alpha value is -3.64. The number of hydrogen-bond acceptors (Lipinski definition) is 2. The molecule has 0 aliphatic rings. The van der Waals surface area contributed by atoms with Crippen LogP contribution in [0.3, 0.4) is 0 Å². The fraction of sp³-hybridized carbons (Fsp3) is 0.185. The van der Waals surface area contributed by atoms with Gasteiger partial charge in [-0.2, -0.15) is 5.26 Å². The molecule has 0 heterocycles. The van der Waals surface area contributed by atoms with Gasteiger partial charge in [-0.05, 0) is 67.2 Å². The maximum atomic E-state index is 12.7. The predicted octanol–water partition coefficient (Wildman–Crippen LogP) is 6.00. The molecule has 0 atom stereocenters. The van der Waals surface area contributed by atoms with Crippen LogP contribution < -0.4 is 5.32 Å². The zero-order valence-electron chi connectivity index (χ0n) is 17.7. The van der Waals surface area contributed by atoms with E-state index in [-0.39, 0.29) is 5.57 Å². The number of nitrogens with zero attached hydrogens (tertiary/aromatic N) is 1. The highest BCUT2D eigenvalue weighted by Gasteiger charge is 2.11. The zero-order chi connectivity index (χ0) is 21.5. The van der Waals surface area contributed by atoms with Gasteiger partial charge in [-0.15, -0.1) is 0 Å². The molecule has 150 valence electrons. The minimum atomic E-state index is -0.400. The van der Waals surface area contributed by atoms with E-state index in [2.05, 4.69) is 50.4 Å². The van der Waals surface area contributed by atoms with E-state index >= 15 is 0 Å². The number of aryl methyl sites for hydroxylation is 3. The lowest BCUT2D eigenvalue weighted by Crippen LogP contribution is -2.13. The molecule has 0 aromatic heterocycles. The summed E-state index contributed by atoms with van der Waals surface area (Å²) in [6.07, 6.45) is 3.36. The molecule has 0 saturated carbocycles. The molecule has 3 nitrogen and oxygen atoms in total. The predicted molar refractivity (Wildman–Crippen MR) is 123 cm³/mol. The van der Waals surface area contributed by atoms with Crippen LogP contribution in [0.2, 0.25) is 0 Å². The molecule has 0 spiro atoms. The number of benzene rings is 3. The minimum Gasteiger partial charge on any atom is -0.321 e. The van der Waals surface area contributed by atoms with E-state index in [9.17, 15) is 10.1 Å². The topological polar surface area (TPSA) is 52.9 Å². The summed E-state index contributed by atoms with van der Waals surface area (Å²) in [6, 6.07) is 24.1. The number of rotatable bonds is 6. The fourth-order valence-electron chi connectivity index (χ4n) is 3.55. The smallest absolute Gasteiger partial charge is 0.266 e. The Morgan fingerprint density at radius 1 is 0.967 bits per heavy atom. The van der Waals surface area contributed by atoms with Crippen molar-refractivity contribution in [2.45, 2.75) is 33.6 Å². The van der Waals surface area contributed by atoms with E-state index in [0.717, 1.165) is 24.0 Å². The maximum Gasteiger partial charge on any atom is 0.266 e. The van der Waals surface area contributed by atoms with Crippen molar-refractivity contribution in [3.8, 4) is 6.07 Å². The van der Waals surface area contributed by atoms with Gasteiger partial charge < -0.3 is 5.32 Å². The molecule has 30 heavy (non-hydrogen) atoms. The van der Waals surface area contributed by atoms with E-state index in [0.29, 0.717) is 5.69 Å². The first-order valence-electron chi connectivity index (χ1n) is 10.2. The summed E-state index contributed by atoms with van der Waals surface area (Å²) in [4.78, 5) is 12.7. The number of hydrogen-bond donors (Lipinski definition) is 1. The Morgan fingerprint density at radius 3 is 2.27 bits per heavy atom. The molecule has 0 saturated heterocycles. The lowest BCUT2D eigenvalue weighted by molar-refractivity contribution is -0.112. The summed E-state index contributed by atoms with van der Waals surface area (Å²) in [5.41, 5.74) is 7.59. The molecule has 0 unspecified atom stereocenters. The molecule has 3 aromatic rings. The number of carbonyl (C=O) groups excluding carboxylic acids is 1. The van der Waals surface area contributed by atoms with Gasteiger partial charge >= 0.3 is 0 Å². The maximum absolute atomic E-state index is 12.7. The summed E-state index contributed by atoms with van der Waals surface area (Å²) in [7, 11) is 0. The number of carbonyl (C=O) groups is 1. The lowest BCUT2D eigenvalue weighted by atomic mass is 9.96. The molecule has 0 fully saturated rings. The van der Waals surface area contributed by atoms with Crippen LogP contribution in [-0.4, -0.2) is 5.91 Å². The molecule has 3 heteroatoms. The van der Waals surface area contributed by atoms with E-state index in [1.165, 1.54) is 22.3 Å². The molecule has 0 aliphatic carbocycles. The molecular weight excluding hydrogens is 368 g/mol. The summed E-state index contributed by atoms with van der Waals surface area (Å²) in [5.74, 6) is -0.400. The summed E-state index contributed by atoms with van der Waals surface area (Å²) >= 11 is 0. The van der Waals surface area contributed by atoms with Gasteiger partial charge in [-0.1, -0.05) is 72.6 Å². The van der Waals surface area contributed by atoms with Crippen molar-refractivity contribution in [3.63, 3.8) is 0 Å². The SMILES string of the molecule is CCc1ccc(NC(=O)/C(C#N)=C/c2ccccc2Cc2cc(C)cc(C)c2)cc1. The van der Waals surface area contributed by atoms with Crippen LogP contribution in [-0.2, 0) is 17.6 Å². The Bertz CT molecular complexity index is 1100. The Balaban J connectivity index is 1.84. The highest BCUT2D eigenvalue weighted by molar-refractivity contribution is 6.09. The molecule has 0 bridgehead atoms. The monoisotopic (exact) mass is 394 g/mol. The third-order valence-corrected chi connectivity index (χ3v) is 5.02.